The molecule has 0 aliphatic rings. The minimum absolute atomic E-state index is 0.0647. The van der Waals surface area contributed by atoms with E-state index in [2.05, 4.69) is 0 Å². The van der Waals surface area contributed by atoms with Crippen LogP contribution in [0.15, 0.2) is 0 Å². The summed E-state index contributed by atoms with van der Waals surface area (Å²) in [7, 11) is 0. The van der Waals surface area contributed by atoms with Gasteiger partial charge in [0.2, 0.25) is 5.91 Å². The van der Waals surface area contributed by atoms with Crippen LogP contribution in [0.1, 0.15) is 26.7 Å². The number of amides is 1. The summed E-state index contributed by atoms with van der Waals surface area (Å²) in [4.78, 5) is 11.3. The quantitative estimate of drug-likeness (QED) is 0.298. The lowest BCUT2D eigenvalue weighted by Gasteiger charge is -2.42. The number of rotatable bonds is 12. The van der Waals surface area contributed by atoms with Crippen LogP contribution in [0.2, 0.25) is 0 Å². The molecule has 198 valence electrons. The zero-order valence-corrected chi connectivity index (χ0v) is 16.2. The number of carbonyl (C=O) groups is 1. The van der Waals surface area contributed by atoms with Crippen molar-refractivity contribution in [1.82, 2.24) is 5.32 Å². The summed E-state index contributed by atoms with van der Waals surface area (Å²) in [5, 5.41) is 1.50. The number of nitrogens with one attached hydrogen (secondary N) is 1. The van der Waals surface area contributed by atoms with Crippen molar-refractivity contribution in [2.24, 2.45) is 5.92 Å². The molecule has 0 saturated carbocycles. The van der Waals surface area contributed by atoms with E-state index in [1.54, 1.807) is 0 Å². The van der Waals surface area contributed by atoms with Gasteiger partial charge in [0.25, 0.3) is 0 Å². The fourth-order valence-electron chi connectivity index (χ4n) is 2.03. The SMILES string of the molecule is CCC(C)C(=O)NCCC(F)(F)C(F)(F)C(F)(F)C(F)(F)C(F)(F)C(F)(F)C(F)(F)C(F)F. The Hall–Kier alpha value is -1.65. The number of halogens is 16. The molecule has 0 aromatic rings. The van der Waals surface area contributed by atoms with Crippen LogP contribution in [-0.2, 0) is 4.79 Å². The summed E-state index contributed by atoms with van der Waals surface area (Å²) in [6.45, 7) is 0.959. The van der Waals surface area contributed by atoms with Gasteiger partial charge in [-0.05, 0) is 6.42 Å². The van der Waals surface area contributed by atoms with Crippen molar-refractivity contribution in [2.75, 3.05) is 6.54 Å². The molecule has 0 spiro atoms. The van der Waals surface area contributed by atoms with Gasteiger partial charge in [0.05, 0.1) is 0 Å². The summed E-state index contributed by atoms with van der Waals surface area (Å²) in [5.74, 6) is -56.6. The molecule has 0 radical (unpaired) electrons. The summed E-state index contributed by atoms with van der Waals surface area (Å²) >= 11 is 0. The molecule has 18 heteroatoms. The molecule has 1 amide bonds. The molecule has 0 rings (SSSR count). The van der Waals surface area contributed by atoms with Crippen molar-refractivity contribution in [3.8, 4) is 0 Å². The topological polar surface area (TPSA) is 29.1 Å². The fourth-order valence-corrected chi connectivity index (χ4v) is 2.03. The first-order chi connectivity index (χ1) is 14.3. The molecule has 0 aliphatic heterocycles. The molecule has 1 N–H and O–H groups in total. The maximum absolute atomic E-state index is 13.6. The second kappa shape index (κ2) is 9.19. The lowest BCUT2D eigenvalue weighted by atomic mass is 9.88. The van der Waals surface area contributed by atoms with Crippen LogP contribution >= 0.6 is 0 Å². The van der Waals surface area contributed by atoms with Crippen LogP contribution in [0, 0.1) is 5.92 Å². The van der Waals surface area contributed by atoms with Crippen LogP contribution in [0.5, 0.6) is 0 Å². The third-order valence-corrected chi connectivity index (χ3v) is 4.53. The Labute approximate surface area is 174 Å². The standard InChI is InChI=1S/C15H15F16NO/c1-3-6(2)7(33)32-5-4-9(18,19)11(22,23)13(26,27)15(30,31)14(28,29)12(24,25)10(20,21)8(16)17/h6,8H,3-5H2,1-2H3,(H,32,33). The molecule has 0 bridgehead atoms. The first-order valence-electron chi connectivity index (χ1n) is 8.51. The van der Waals surface area contributed by atoms with Gasteiger partial charge >= 0.3 is 47.9 Å². The molecule has 0 aliphatic carbocycles. The Kier molecular flexibility index (Phi) is 8.73. The van der Waals surface area contributed by atoms with Crippen LogP contribution in [0.3, 0.4) is 0 Å². The summed E-state index contributed by atoms with van der Waals surface area (Å²) in [6.07, 6.45) is -8.43. The van der Waals surface area contributed by atoms with Crippen molar-refractivity contribution >= 4 is 5.91 Å². The van der Waals surface area contributed by atoms with Crippen LogP contribution in [-0.4, -0.2) is 60.3 Å². The van der Waals surface area contributed by atoms with E-state index in [9.17, 15) is 75.0 Å². The van der Waals surface area contributed by atoms with E-state index in [1.807, 2.05) is 0 Å². The van der Waals surface area contributed by atoms with E-state index in [0.717, 1.165) is 0 Å². The predicted octanol–water partition coefficient (Wildman–Crippen LogP) is 6.25. The zero-order valence-electron chi connectivity index (χ0n) is 16.2. The summed E-state index contributed by atoms with van der Waals surface area (Å²) in [6, 6.07) is 0. The highest BCUT2D eigenvalue weighted by Gasteiger charge is 2.93. The Morgan fingerprint density at radius 3 is 1.42 bits per heavy atom. The highest BCUT2D eigenvalue weighted by Crippen LogP contribution is 2.63. The largest absolute Gasteiger partial charge is 0.384 e. The molecule has 0 aromatic heterocycles. The van der Waals surface area contributed by atoms with Crippen LogP contribution in [0.25, 0.3) is 0 Å². The van der Waals surface area contributed by atoms with Crippen molar-refractivity contribution in [3.05, 3.63) is 0 Å². The van der Waals surface area contributed by atoms with Gasteiger partial charge in [-0.15, -0.1) is 0 Å². The summed E-state index contributed by atoms with van der Waals surface area (Å²) in [5.41, 5.74) is 0. The van der Waals surface area contributed by atoms with E-state index in [1.165, 1.54) is 19.2 Å². The van der Waals surface area contributed by atoms with Crippen molar-refractivity contribution in [2.45, 2.75) is 74.6 Å². The number of hydrogen-bond donors (Lipinski definition) is 1. The lowest BCUT2D eigenvalue weighted by Crippen LogP contribution is -2.73. The first-order valence-corrected chi connectivity index (χ1v) is 8.51. The second-order valence-corrected chi connectivity index (χ2v) is 6.85. The predicted molar refractivity (Wildman–Crippen MR) is 77.7 cm³/mol. The van der Waals surface area contributed by atoms with Gasteiger partial charge in [-0.1, -0.05) is 13.8 Å². The van der Waals surface area contributed by atoms with Gasteiger partial charge in [-0.3, -0.25) is 4.79 Å². The normalized spacial score (nSPS) is 16.2. The third kappa shape index (κ3) is 4.79. The molecule has 0 heterocycles. The third-order valence-electron chi connectivity index (χ3n) is 4.53. The number of hydrogen-bond acceptors (Lipinski definition) is 1. The van der Waals surface area contributed by atoms with Crippen molar-refractivity contribution in [1.29, 1.82) is 0 Å². The maximum Gasteiger partial charge on any atom is 0.384 e. The minimum atomic E-state index is -8.41. The number of alkyl halides is 16. The first kappa shape index (κ1) is 31.4. The molecule has 33 heavy (non-hydrogen) atoms. The Bertz CT molecular complexity index is 689. The molecular weight excluding hydrogens is 514 g/mol. The Morgan fingerprint density at radius 2 is 1.06 bits per heavy atom. The zero-order chi connectivity index (χ0) is 27.1. The van der Waals surface area contributed by atoms with Crippen LogP contribution in [0.4, 0.5) is 70.2 Å². The average molecular weight is 529 g/mol. The molecule has 1 unspecified atom stereocenters. The minimum Gasteiger partial charge on any atom is -0.356 e. The van der Waals surface area contributed by atoms with E-state index in [4.69, 9.17) is 0 Å². The van der Waals surface area contributed by atoms with Gasteiger partial charge in [0.15, 0.2) is 0 Å². The number of carbonyl (C=O) groups excluding carboxylic acids is 1. The Balaban J connectivity index is 6.17. The van der Waals surface area contributed by atoms with Gasteiger partial charge in [0.1, 0.15) is 0 Å². The molecule has 1 atom stereocenters. The monoisotopic (exact) mass is 529 g/mol. The van der Waals surface area contributed by atoms with E-state index >= 15 is 0 Å². The maximum atomic E-state index is 13.6. The fraction of sp³-hybridized carbons (Fsp3) is 0.933. The van der Waals surface area contributed by atoms with Crippen molar-refractivity contribution in [3.63, 3.8) is 0 Å². The highest BCUT2D eigenvalue weighted by atomic mass is 19.4. The van der Waals surface area contributed by atoms with Gasteiger partial charge in [-0.25, -0.2) is 8.78 Å². The van der Waals surface area contributed by atoms with Crippen molar-refractivity contribution < 1.29 is 75.0 Å². The van der Waals surface area contributed by atoms with Gasteiger partial charge in [-0.2, -0.15) is 61.5 Å². The second-order valence-electron chi connectivity index (χ2n) is 6.85. The van der Waals surface area contributed by atoms with Crippen LogP contribution < -0.4 is 5.32 Å². The van der Waals surface area contributed by atoms with E-state index in [-0.39, 0.29) is 6.42 Å². The lowest BCUT2D eigenvalue weighted by molar-refractivity contribution is -0.447. The van der Waals surface area contributed by atoms with Gasteiger partial charge in [0, 0.05) is 18.9 Å². The molecule has 0 aromatic carbocycles. The Morgan fingerprint density at radius 1 is 0.697 bits per heavy atom. The van der Waals surface area contributed by atoms with E-state index < -0.39 is 72.7 Å². The smallest absolute Gasteiger partial charge is 0.356 e. The van der Waals surface area contributed by atoms with Gasteiger partial charge < -0.3 is 5.32 Å². The van der Waals surface area contributed by atoms with E-state index in [0.29, 0.717) is 0 Å². The molecule has 2 nitrogen and oxygen atoms in total. The summed E-state index contributed by atoms with van der Waals surface area (Å²) < 4.78 is 210. The molecular formula is C15H15F16NO. The average Bonchev–Trinajstić information content (AvgIpc) is 2.65. The molecule has 0 fully saturated rings. The molecule has 0 saturated heterocycles. The highest BCUT2D eigenvalue weighted by molar-refractivity contribution is 5.78.